The third-order valence-electron chi connectivity index (χ3n) is 1.99. The summed E-state index contributed by atoms with van der Waals surface area (Å²) in [6.07, 6.45) is -0.0489. The lowest BCUT2D eigenvalue weighted by molar-refractivity contribution is -0.140. The highest BCUT2D eigenvalue weighted by molar-refractivity contribution is 9.10. The summed E-state index contributed by atoms with van der Waals surface area (Å²) in [7, 11) is 1.25. The van der Waals surface area contributed by atoms with E-state index in [2.05, 4.69) is 20.7 Å². The van der Waals surface area contributed by atoms with Gasteiger partial charge in [-0.05, 0) is 24.3 Å². The van der Waals surface area contributed by atoms with Gasteiger partial charge in [-0.1, -0.05) is 15.9 Å². The highest BCUT2D eigenvalue weighted by Crippen LogP contribution is 2.14. The van der Waals surface area contributed by atoms with Gasteiger partial charge in [-0.3, -0.25) is 9.59 Å². The van der Waals surface area contributed by atoms with Gasteiger partial charge in [0.2, 0.25) is 0 Å². The average molecular weight is 289 g/mol. The molecule has 1 aromatic carbocycles. The summed E-state index contributed by atoms with van der Waals surface area (Å²) in [6, 6.07) is 5.16. The first kappa shape index (κ1) is 12.8. The van der Waals surface area contributed by atoms with Gasteiger partial charge < -0.3 is 4.74 Å². The van der Waals surface area contributed by atoms with Crippen LogP contribution in [0.15, 0.2) is 24.3 Å². The number of esters is 1. The molecule has 1 aromatic rings. The molecule has 0 heterocycles. The Kier molecular flexibility index (Phi) is 4.61. The Hall–Kier alpha value is -1.23. The minimum Gasteiger partial charge on any atom is -0.469 e. The van der Waals surface area contributed by atoms with Gasteiger partial charge in [-0.2, -0.15) is 0 Å². The van der Waals surface area contributed by atoms with E-state index < -0.39 is 16.6 Å². The molecule has 0 N–H and O–H groups in total. The zero-order valence-corrected chi connectivity index (χ0v) is 10.2. The number of rotatable bonds is 4. The van der Waals surface area contributed by atoms with E-state index in [1.165, 1.54) is 31.4 Å². The molecule has 0 spiro atoms. The largest absolute Gasteiger partial charge is 0.469 e. The maximum Gasteiger partial charge on any atom is 0.307 e. The molecule has 0 saturated carbocycles. The van der Waals surface area contributed by atoms with Crippen LogP contribution < -0.4 is 0 Å². The Labute approximate surface area is 101 Å². The molecule has 0 amide bonds. The van der Waals surface area contributed by atoms with Gasteiger partial charge in [0, 0.05) is 5.56 Å². The molecular formula is C11H10BrFO3. The van der Waals surface area contributed by atoms with Crippen LogP contribution in [0.2, 0.25) is 0 Å². The van der Waals surface area contributed by atoms with Crippen molar-refractivity contribution in [3.05, 3.63) is 35.6 Å². The standard InChI is InChI=1S/C11H10BrFO3/c1-16-10(14)6-9(12)11(15)7-2-4-8(13)5-3-7/h2-5,9H,6H2,1H3. The van der Waals surface area contributed by atoms with E-state index in [0.29, 0.717) is 5.56 Å². The fraction of sp³-hybridized carbons (Fsp3) is 0.273. The van der Waals surface area contributed by atoms with Crippen LogP contribution in [0.5, 0.6) is 0 Å². The van der Waals surface area contributed by atoms with Gasteiger partial charge in [-0.25, -0.2) is 4.39 Å². The van der Waals surface area contributed by atoms with Crippen LogP contribution in [-0.2, 0) is 9.53 Å². The second kappa shape index (κ2) is 5.75. The fourth-order valence-electron chi connectivity index (χ4n) is 1.12. The lowest BCUT2D eigenvalue weighted by Gasteiger charge is -2.07. The number of ketones is 1. The van der Waals surface area contributed by atoms with Crippen LogP contribution in [0.1, 0.15) is 16.8 Å². The van der Waals surface area contributed by atoms with E-state index in [1.54, 1.807) is 0 Å². The summed E-state index contributed by atoms with van der Waals surface area (Å²) in [5.41, 5.74) is 0.354. The predicted molar refractivity (Wildman–Crippen MR) is 60.1 cm³/mol. The van der Waals surface area contributed by atoms with E-state index >= 15 is 0 Å². The number of alkyl halides is 1. The number of carbonyl (C=O) groups is 2. The highest BCUT2D eigenvalue weighted by Gasteiger charge is 2.20. The van der Waals surface area contributed by atoms with Gasteiger partial charge >= 0.3 is 5.97 Å². The molecule has 3 nitrogen and oxygen atoms in total. The molecule has 0 radical (unpaired) electrons. The maximum absolute atomic E-state index is 12.6. The molecule has 1 atom stereocenters. The topological polar surface area (TPSA) is 43.4 Å². The van der Waals surface area contributed by atoms with E-state index in [1.807, 2.05) is 0 Å². The van der Waals surface area contributed by atoms with Gasteiger partial charge in [0.05, 0.1) is 18.4 Å². The molecule has 0 saturated heterocycles. The number of ether oxygens (including phenoxy) is 1. The van der Waals surface area contributed by atoms with Crippen molar-refractivity contribution in [1.82, 2.24) is 0 Å². The summed E-state index contributed by atoms with van der Waals surface area (Å²) in [6.45, 7) is 0. The van der Waals surface area contributed by atoms with Crippen molar-refractivity contribution < 1.29 is 18.7 Å². The number of hydrogen-bond acceptors (Lipinski definition) is 3. The molecule has 0 bridgehead atoms. The van der Waals surface area contributed by atoms with Crippen LogP contribution in [0, 0.1) is 5.82 Å². The van der Waals surface area contributed by atoms with Crippen molar-refractivity contribution in [2.45, 2.75) is 11.2 Å². The zero-order valence-electron chi connectivity index (χ0n) is 8.57. The lowest BCUT2D eigenvalue weighted by atomic mass is 10.1. The number of hydrogen-bond donors (Lipinski definition) is 0. The SMILES string of the molecule is COC(=O)CC(Br)C(=O)c1ccc(F)cc1. The Balaban J connectivity index is 2.70. The molecule has 86 valence electrons. The molecule has 0 fully saturated rings. The molecule has 1 unspecified atom stereocenters. The van der Waals surface area contributed by atoms with Gasteiger partial charge in [-0.15, -0.1) is 0 Å². The van der Waals surface area contributed by atoms with Gasteiger partial charge in [0.15, 0.2) is 5.78 Å². The monoisotopic (exact) mass is 288 g/mol. The average Bonchev–Trinajstić information content (AvgIpc) is 2.28. The van der Waals surface area contributed by atoms with Crippen LogP contribution in [0.25, 0.3) is 0 Å². The van der Waals surface area contributed by atoms with E-state index in [9.17, 15) is 14.0 Å². The number of methoxy groups -OCH3 is 1. The van der Waals surface area contributed by atoms with E-state index in [-0.39, 0.29) is 12.2 Å². The minimum atomic E-state index is -0.648. The Morgan fingerprint density at radius 1 is 1.38 bits per heavy atom. The van der Waals surface area contributed by atoms with Crippen LogP contribution in [-0.4, -0.2) is 23.7 Å². The highest BCUT2D eigenvalue weighted by atomic mass is 79.9. The quantitative estimate of drug-likeness (QED) is 0.485. The maximum atomic E-state index is 12.6. The molecule has 5 heteroatoms. The van der Waals surface area contributed by atoms with Crippen molar-refractivity contribution in [2.24, 2.45) is 0 Å². The number of carbonyl (C=O) groups excluding carboxylic acids is 2. The number of Topliss-reactive ketones (excluding diaryl/α,β-unsaturated/α-hetero) is 1. The Morgan fingerprint density at radius 3 is 2.44 bits per heavy atom. The first-order valence-electron chi connectivity index (χ1n) is 4.55. The van der Waals surface area contributed by atoms with E-state index in [0.717, 1.165) is 0 Å². The molecular weight excluding hydrogens is 279 g/mol. The Bertz CT molecular complexity index is 389. The minimum absolute atomic E-state index is 0.0489. The molecule has 0 aliphatic heterocycles. The second-order valence-electron chi connectivity index (χ2n) is 3.12. The second-order valence-corrected chi connectivity index (χ2v) is 4.22. The summed E-state index contributed by atoms with van der Waals surface area (Å²) in [4.78, 5) is 22.0. The normalized spacial score (nSPS) is 11.9. The Morgan fingerprint density at radius 2 is 1.94 bits per heavy atom. The number of benzene rings is 1. The number of halogens is 2. The lowest BCUT2D eigenvalue weighted by Crippen LogP contribution is -2.19. The van der Waals surface area contributed by atoms with Crippen LogP contribution in [0.4, 0.5) is 4.39 Å². The summed E-state index contributed by atoms with van der Waals surface area (Å²) < 4.78 is 17.1. The van der Waals surface area contributed by atoms with Crippen molar-refractivity contribution in [3.63, 3.8) is 0 Å². The molecule has 0 aliphatic carbocycles. The van der Waals surface area contributed by atoms with Crippen molar-refractivity contribution in [3.8, 4) is 0 Å². The van der Waals surface area contributed by atoms with Crippen molar-refractivity contribution in [2.75, 3.05) is 7.11 Å². The van der Waals surface area contributed by atoms with Crippen molar-refractivity contribution in [1.29, 1.82) is 0 Å². The summed E-state index contributed by atoms with van der Waals surface area (Å²) in [5.74, 6) is -1.15. The third kappa shape index (κ3) is 3.41. The molecule has 1 rings (SSSR count). The fourth-order valence-corrected chi connectivity index (χ4v) is 1.65. The van der Waals surface area contributed by atoms with E-state index in [4.69, 9.17) is 0 Å². The first-order valence-corrected chi connectivity index (χ1v) is 5.47. The first-order chi connectivity index (χ1) is 7.54. The molecule has 16 heavy (non-hydrogen) atoms. The van der Waals surface area contributed by atoms with Gasteiger partial charge in [0.25, 0.3) is 0 Å². The molecule has 0 aliphatic rings. The predicted octanol–water partition coefficient (Wildman–Crippen LogP) is 2.33. The zero-order chi connectivity index (χ0) is 12.1. The van der Waals surface area contributed by atoms with Crippen LogP contribution in [0.3, 0.4) is 0 Å². The van der Waals surface area contributed by atoms with Crippen molar-refractivity contribution >= 4 is 27.7 Å². The molecule has 0 aromatic heterocycles. The van der Waals surface area contributed by atoms with Gasteiger partial charge in [0.1, 0.15) is 5.82 Å². The smallest absolute Gasteiger partial charge is 0.307 e. The van der Waals surface area contributed by atoms with Crippen LogP contribution >= 0.6 is 15.9 Å². The third-order valence-corrected chi connectivity index (χ3v) is 2.73. The summed E-state index contributed by atoms with van der Waals surface area (Å²) >= 11 is 3.10. The summed E-state index contributed by atoms with van der Waals surface area (Å²) in [5, 5.41) is 0.